The molecule has 1 rings (SSSR count). The average Bonchev–Trinajstić information content (AvgIpc) is 2.26. The Balaban J connectivity index is 2.28. The summed E-state index contributed by atoms with van der Waals surface area (Å²) in [6.45, 7) is 5.25. The van der Waals surface area contributed by atoms with Crippen LogP contribution < -0.4 is 5.32 Å². The number of rotatable bonds is 4. The van der Waals surface area contributed by atoms with Crippen molar-refractivity contribution in [1.29, 1.82) is 0 Å². The lowest BCUT2D eigenvalue weighted by molar-refractivity contribution is 0.310. The van der Waals surface area contributed by atoms with E-state index in [0.717, 1.165) is 0 Å². The number of hydrogen-bond donors (Lipinski definition) is 1. The Hall–Kier alpha value is -0.0900. The number of sulfone groups is 1. The molecule has 1 fully saturated rings. The van der Waals surface area contributed by atoms with Crippen LogP contribution in [0.3, 0.4) is 0 Å². The molecule has 4 heteroatoms. The number of hydrogen-bond acceptors (Lipinski definition) is 3. The van der Waals surface area contributed by atoms with Crippen molar-refractivity contribution in [2.45, 2.75) is 52.0 Å². The van der Waals surface area contributed by atoms with E-state index in [-0.39, 0.29) is 5.75 Å². The smallest absolute Gasteiger partial charge is 0.148 e. The maximum Gasteiger partial charge on any atom is 0.148 e. The highest BCUT2D eigenvalue weighted by molar-refractivity contribution is 7.90. The van der Waals surface area contributed by atoms with Crippen LogP contribution in [0.5, 0.6) is 0 Å². The third kappa shape index (κ3) is 5.85. The summed E-state index contributed by atoms with van der Waals surface area (Å²) >= 11 is 0. The summed E-state index contributed by atoms with van der Waals surface area (Å²) in [5.41, 5.74) is 0.466. The standard InChI is InChI=1S/C12H25NO2S/c1-12(2)7-4-5-11(6-8-12)13-9-10-16(3,14)15/h11,13H,4-10H2,1-3H3. The summed E-state index contributed by atoms with van der Waals surface area (Å²) in [6.07, 6.45) is 7.44. The Morgan fingerprint density at radius 1 is 1.25 bits per heavy atom. The van der Waals surface area contributed by atoms with Crippen LogP contribution in [0.25, 0.3) is 0 Å². The van der Waals surface area contributed by atoms with Gasteiger partial charge in [-0.25, -0.2) is 8.42 Å². The molecular weight excluding hydrogens is 222 g/mol. The van der Waals surface area contributed by atoms with Crippen LogP contribution >= 0.6 is 0 Å². The van der Waals surface area contributed by atoms with Gasteiger partial charge in [0.1, 0.15) is 9.84 Å². The highest BCUT2D eigenvalue weighted by atomic mass is 32.2. The van der Waals surface area contributed by atoms with Gasteiger partial charge < -0.3 is 5.32 Å². The van der Waals surface area contributed by atoms with Crippen molar-refractivity contribution in [3.05, 3.63) is 0 Å². The molecule has 1 unspecified atom stereocenters. The van der Waals surface area contributed by atoms with E-state index < -0.39 is 9.84 Å². The van der Waals surface area contributed by atoms with E-state index in [1.54, 1.807) is 0 Å². The fourth-order valence-corrected chi connectivity index (χ4v) is 2.80. The molecule has 0 amide bonds. The molecule has 1 aliphatic rings. The molecule has 0 spiro atoms. The topological polar surface area (TPSA) is 46.2 Å². The summed E-state index contributed by atoms with van der Waals surface area (Å²) in [6, 6.07) is 0.517. The third-order valence-corrected chi connectivity index (χ3v) is 4.43. The van der Waals surface area contributed by atoms with E-state index in [0.29, 0.717) is 18.0 Å². The Bertz CT molecular complexity index is 309. The summed E-state index contributed by atoms with van der Waals surface area (Å²) in [4.78, 5) is 0. The fourth-order valence-electron chi connectivity index (χ4n) is 2.31. The first kappa shape index (κ1) is 14.0. The van der Waals surface area contributed by atoms with E-state index in [9.17, 15) is 8.42 Å². The molecule has 0 aromatic heterocycles. The third-order valence-electron chi connectivity index (χ3n) is 3.48. The lowest BCUT2D eigenvalue weighted by Gasteiger charge is -2.22. The quantitative estimate of drug-likeness (QED) is 0.773. The second kappa shape index (κ2) is 5.50. The van der Waals surface area contributed by atoms with E-state index >= 15 is 0 Å². The molecule has 0 aromatic rings. The van der Waals surface area contributed by atoms with Crippen LogP contribution in [-0.4, -0.2) is 33.0 Å². The maximum absolute atomic E-state index is 11.0. The first-order valence-corrected chi connectivity index (χ1v) is 8.26. The summed E-state index contributed by atoms with van der Waals surface area (Å²) in [7, 11) is -2.82. The molecule has 96 valence electrons. The van der Waals surface area contributed by atoms with Crippen LogP contribution in [0, 0.1) is 5.41 Å². The molecule has 1 N–H and O–H groups in total. The maximum atomic E-state index is 11.0. The van der Waals surface area contributed by atoms with Crippen molar-refractivity contribution >= 4 is 9.84 Å². The molecule has 0 radical (unpaired) electrons. The minimum Gasteiger partial charge on any atom is -0.313 e. The fraction of sp³-hybridized carbons (Fsp3) is 1.00. The highest BCUT2D eigenvalue weighted by Crippen LogP contribution is 2.33. The molecule has 1 saturated carbocycles. The van der Waals surface area contributed by atoms with Crippen LogP contribution in [0.1, 0.15) is 46.0 Å². The molecule has 3 nitrogen and oxygen atoms in total. The zero-order valence-corrected chi connectivity index (χ0v) is 11.6. The van der Waals surface area contributed by atoms with Gasteiger partial charge in [0.25, 0.3) is 0 Å². The van der Waals surface area contributed by atoms with Crippen molar-refractivity contribution in [2.24, 2.45) is 5.41 Å². The normalized spacial score (nSPS) is 26.3. The lowest BCUT2D eigenvalue weighted by atomic mass is 9.85. The van der Waals surface area contributed by atoms with Gasteiger partial charge in [-0.3, -0.25) is 0 Å². The lowest BCUT2D eigenvalue weighted by Crippen LogP contribution is -2.32. The minimum atomic E-state index is -2.82. The minimum absolute atomic E-state index is 0.257. The van der Waals surface area contributed by atoms with E-state index in [1.165, 1.54) is 38.4 Å². The molecule has 1 atom stereocenters. The Morgan fingerprint density at radius 3 is 2.56 bits per heavy atom. The predicted octanol–water partition coefficient (Wildman–Crippen LogP) is 1.98. The molecule has 0 aliphatic heterocycles. The zero-order chi connectivity index (χ0) is 12.2. The van der Waals surface area contributed by atoms with Crippen LogP contribution in [-0.2, 0) is 9.84 Å². The molecule has 0 heterocycles. The summed E-state index contributed by atoms with van der Waals surface area (Å²) < 4.78 is 22.0. The monoisotopic (exact) mass is 247 g/mol. The van der Waals surface area contributed by atoms with E-state index in [4.69, 9.17) is 0 Å². The zero-order valence-electron chi connectivity index (χ0n) is 10.8. The molecule has 0 aromatic carbocycles. The molecule has 16 heavy (non-hydrogen) atoms. The van der Waals surface area contributed by atoms with Crippen LogP contribution in [0.4, 0.5) is 0 Å². The SMILES string of the molecule is CC1(C)CCCC(NCCS(C)(=O)=O)CC1. The van der Waals surface area contributed by atoms with Gasteiger partial charge >= 0.3 is 0 Å². The van der Waals surface area contributed by atoms with Gasteiger partial charge in [-0.05, 0) is 31.1 Å². The second-order valence-corrected chi connectivity index (χ2v) is 8.14. The number of nitrogens with one attached hydrogen (secondary N) is 1. The highest BCUT2D eigenvalue weighted by Gasteiger charge is 2.23. The van der Waals surface area contributed by atoms with Crippen molar-refractivity contribution in [1.82, 2.24) is 5.32 Å². The average molecular weight is 247 g/mol. The van der Waals surface area contributed by atoms with Gasteiger partial charge in [-0.2, -0.15) is 0 Å². The van der Waals surface area contributed by atoms with Crippen LogP contribution in [0.15, 0.2) is 0 Å². The van der Waals surface area contributed by atoms with E-state index in [2.05, 4.69) is 19.2 Å². The largest absolute Gasteiger partial charge is 0.313 e. The van der Waals surface area contributed by atoms with Gasteiger partial charge in [-0.15, -0.1) is 0 Å². The first-order valence-electron chi connectivity index (χ1n) is 6.20. The first-order chi connectivity index (χ1) is 7.29. The van der Waals surface area contributed by atoms with Gasteiger partial charge in [0, 0.05) is 18.8 Å². The Labute approximate surface area is 99.9 Å². The van der Waals surface area contributed by atoms with Gasteiger partial charge in [0.2, 0.25) is 0 Å². The predicted molar refractivity (Wildman–Crippen MR) is 68.4 cm³/mol. The molecule has 0 bridgehead atoms. The second-order valence-electron chi connectivity index (χ2n) is 5.88. The molecular formula is C12H25NO2S. The Kier molecular flexibility index (Phi) is 4.80. The van der Waals surface area contributed by atoms with E-state index in [1.807, 2.05) is 0 Å². The van der Waals surface area contributed by atoms with Gasteiger partial charge in [0.15, 0.2) is 0 Å². The van der Waals surface area contributed by atoms with Crippen molar-refractivity contribution in [2.75, 3.05) is 18.6 Å². The molecule has 1 aliphatic carbocycles. The van der Waals surface area contributed by atoms with Crippen molar-refractivity contribution in [3.63, 3.8) is 0 Å². The van der Waals surface area contributed by atoms with Crippen LogP contribution in [0.2, 0.25) is 0 Å². The van der Waals surface area contributed by atoms with Gasteiger partial charge in [0.05, 0.1) is 5.75 Å². The summed E-state index contributed by atoms with van der Waals surface area (Å²) in [5, 5.41) is 3.38. The Morgan fingerprint density at radius 2 is 1.94 bits per heavy atom. The van der Waals surface area contributed by atoms with Gasteiger partial charge in [-0.1, -0.05) is 20.3 Å². The van der Waals surface area contributed by atoms with Crippen molar-refractivity contribution in [3.8, 4) is 0 Å². The molecule has 0 saturated heterocycles. The van der Waals surface area contributed by atoms with Crippen molar-refractivity contribution < 1.29 is 8.42 Å². The summed E-state index contributed by atoms with van der Waals surface area (Å²) in [5.74, 6) is 0.257.